The largest absolute Gasteiger partial charge is 0.480 e. The highest BCUT2D eigenvalue weighted by molar-refractivity contribution is 5.98. The molecule has 1 aliphatic heterocycles. The van der Waals surface area contributed by atoms with Gasteiger partial charge in [0, 0.05) is 6.42 Å². The van der Waals surface area contributed by atoms with Crippen LogP contribution in [0.15, 0.2) is 0 Å². The molecule has 0 unspecified atom stereocenters. The van der Waals surface area contributed by atoms with E-state index in [0.29, 0.717) is 0 Å². The van der Waals surface area contributed by atoms with Crippen molar-refractivity contribution in [3.63, 3.8) is 0 Å². The lowest BCUT2D eigenvalue weighted by molar-refractivity contribution is -0.149. The zero-order valence-electron chi connectivity index (χ0n) is 11.6. The zero-order valence-corrected chi connectivity index (χ0v) is 11.6. The summed E-state index contributed by atoms with van der Waals surface area (Å²) in [5, 5.41) is 11.4. The number of carboxylic acids is 1. The molecule has 1 rings (SSSR count). The number of ether oxygens (including phenoxy) is 1. The number of alkyl carbamates (subject to hydrolysis) is 1. The number of nitrogens with one attached hydrogen (secondary N) is 1. The van der Waals surface area contributed by atoms with Gasteiger partial charge in [0.2, 0.25) is 5.91 Å². The second kappa shape index (κ2) is 6.36. The van der Waals surface area contributed by atoms with Gasteiger partial charge in [0.05, 0.1) is 13.7 Å². The summed E-state index contributed by atoms with van der Waals surface area (Å²) < 4.78 is 4.44. The van der Waals surface area contributed by atoms with Crippen molar-refractivity contribution in [3.8, 4) is 0 Å². The summed E-state index contributed by atoms with van der Waals surface area (Å²) in [4.78, 5) is 47.0. The van der Waals surface area contributed by atoms with Gasteiger partial charge in [0.1, 0.15) is 12.1 Å². The number of ketones is 1. The van der Waals surface area contributed by atoms with Gasteiger partial charge < -0.3 is 20.1 Å². The van der Waals surface area contributed by atoms with Gasteiger partial charge in [-0.3, -0.25) is 9.59 Å². The molecule has 0 saturated carbocycles. The number of hydrogen-bond donors (Lipinski definition) is 2. The number of likely N-dealkylation sites (tertiary alicyclic amines) is 1. The van der Waals surface area contributed by atoms with Gasteiger partial charge >= 0.3 is 12.1 Å². The lowest BCUT2D eigenvalue weighted by Crippen LogP contribution is -2.53. The predicted molar refractivity (Wildman–Crippen MR) is 66.9 cm³/mol. The van der Waals surface area contributed by atoms with Gasteiger partial charge in [-0.25, -0.2) is 9.59 Å². The molecule has 2 N–H and O–H groups in total. The molecule has 1 saturated heterocycles. The first-order valence-electron chi connectivity index (χ1n) is 6.17. The van der Waals surface area contributed by atoms with E-state index in [4.69, 9.17) is 5.11 Å². The molecule has 0 aromatic rings. The number of aliphatic carboxylic acids is 1. The maximum absolute atomic E-state index is 12.3. The Bertz CT molecular complexity index is 434. The third-order valence-corrected chi connectivity index (χ3v) is 3.10. The molecule has 0 radical (unpaired) electrons. The van der Waals surface area contributed by atoms with Crippen molar-refractivity contribution in [1.29, 1.82) is 0 Å². The van der Waals surface area contributed by atoms with Crippen LogP contribution in [-0.2, 0) is 19.1 Å². The molecule has 20 heavy (non-hydrogen) atoms. The number of Topliss-reactive ketones (excluding diaryl/α,β-unsaturated/α-hetero) is 1. The van der Waals surface area contributed by atoms with E-state index in [-0.39, 0.29) is 24.7 Å². The van der Waals surface area contributed by atoms with Crippen LogP contribution in [0.1, 0.15) is 20.3 Å². The maximum Gasteiger partial charge on any atom is 0.407 e. The fraction of sp³-hybridized carbons (Fsp3) is 0.667. The van der Waals surface area contributed by atoms with Gasteiger partial charge in [-0.15, -0.1) is 0 Å². The highest BCUT2D eigenvalue weighted by Gasteiger charge is 2.42. The highest BCUT2D eigenvalue weighted by atomic mass is 16.5. The fourth-order valence-electron chi connectivity index (χ4n) is 2.02. The topological polar surface area (TPSA) is 113 Å². The van der Waals surface area contributed by atoms with Crippen molar-refractivity contribution < 1.29 is 29.0 Å². The van der Waals surface area contributed by atoms with Crippen LogP contribution in [0.4, 0.5) is 4.79 Å². The minimum atomic E-state index is -1.23. The van der Waals surface area contributed by atoms with Crippen LogP contribution in [0.5, 0.6) is 0 Å². The minimum Gasteiger partial charge on any atom is -0.480 e. The molecule has 1 aliphatic rings. The van der Waals surface area contributed by atoms with Crippen molar-refractivity contribution in [2.75, 3.05) is 13.7 Å². The summed E-state index contributed by atoms with van der Waals surface area (Å²) in [5.41, 5.74) is 0. The van der Waals surface area contributed by atoms with Gasteiger partial charge in [0.15, 0.2) is 5.78 Å². The number of carboxylic acid groups (broad SMARTS) is 1. The molecule has 0 aromatic carbocycles. The quantitative estimate of drug-likeness (QED) is 0.728. The van der Waals surface area contributed by atoms with Gasteiger partial charge in [-0.2, -0.15) is 0 Å². The first-order chi connectivity index (χ1) is 9.27. The number of methoxy groups -OCH3 is 1. The summed E-state index contributed by atoms with van der Waals surface area (Å²) in [6, 6.07) is -2.11. The fourth-order valence-corrected chi connectivity index (χ4v) is 2.02. The van der Waals surface area contributed by atoms with Crippen molar-refractivity contribution >= 4 is 23.8 Å². The maximum atomic E-state index is 12.3. The van der Waals surface area contributed by atoms with Crippen molar-refractivity contribution in [2.24, 2.45) is 5.92 Å². The van der Waals surface area contributed by atoms with E-state index in [0.717, 1.165) is 12.0 Å². The predicted octanol–water partition coefficient (Wildman–Crippen LogP) is -0.378. The molecule has 1 heterocycles. The molecule has 0 bridgehead atoms. The molecular weight excluding hydrogens is 268 g/mol. The normalized spacial score (nSPS) is 19.9. The van der Waals surface area contributed by atoms with E-state index >= 15 is 0 Å². The van der Waals surface area contributed by atoms with Crippen LogP contribution < -0.4 is 5.32 Å². The number of carbonyl (C=O) groups is 4. The minimum absolute atomic E-state index is 0.204. The first kappa shape index (κ1) is 15.9. The van der Waals surface area contributed by atoms with E-state index in [1.54, 1.807) is 13.8 Å². The summed E-state index contributed by atoms with van der Waals surface area (Å²) in [6.07, 6.45) is -0.987. The van der Waals surface area contributed by atoms with Gasteiger partial charge in [-0.1, -0.05) is 13.8 Å². The Balaban J connectivity index is 2.91. The van der Waals surface area contributed by atoms with Crippen LogP contribution in [0.2, 0.25) is 0 Å². The lowest BCUT2D eigenvalue weighted by Gasteiger charge is -2.28. The van der Waals surface area contributed by atoms with Crippen LogP contribution in [0.25, 0.3) is 0 Å². The summed E-state index contributed by atoms with van der Waals surface area (Å²) in [7, 11) is 1.16. The monoisotopic (exact) mass is 286 g/mol. The summed E-state index contributed by atoms with van der Waals surface area (Å²) >= 11 is 0. The van der Waals surface area contributed by atoms with Crippen LogP contribution in [0.3, 0.4) is 0 Å². The van der Waals surface area contributed by atoms with Gasteiger partial charge in [0.25, 0.3) is 0 Å². The Labute approximate surface area is 116 Å². The summed E-state index contributed by atoms with van der Waals surface area (Å²) in [5.74, 6) is -2.41. The van der Waals surface area contributed by atoms with Crippen LogP contribution in [0, 0.1) is 5.92 Å². The smallest absolute Gasteiger partial charge is 0.407 e. The summed E-state index contributed by atoms with van der Waals surface area (Å²) in [6.45, 7) is 3.15. The molecule has 1 fully saturated rings. The molecule has 2 amide bonds. The lowest BCUT2D eigenvalue weighted by atomic mass is 10.0. The Morgan fingerprint density at radius 2 is 2.00 bits per heavy atom. The van der Waals surface area contributed by atoms with Crippen molar-refractivity contribution in [3.05, 3.63) is 0 Å². The van der Waals surface area contributed by atoms with Crippen molar-refractivity contribution in [2.45, 2.75) is 32.4 Å². The molecule has 8 heteroatoms. The number of carbonyl (C=O) groups excluding carboxylic acids is 3. The van der Waals surface area contributed by atoms with Crippen molar-refractivity contribution in [1.82, 2.24) is 10.2 Å². The zero-order chi connectivity index (χ0) is 15.4. The third-order valence-electron chi connectivity index (χ3n) is 3.10. The molecule has 0 spiro atoms. The Kier molecular flexibility index (Phi) is 5.06. The molecule has 0 aliphatic carbocycles. The molecule has 2 atom stereocenters. The van der Waals surface area contributed by atoms with E-state index in [2.05, 4.69) is 10.1 Å². The molecular formula is C12H18N2O6. The van der Waals surface area contributed by atoms with Crippen LogP contribution in [-0.4, -0.2) is 59.5 Å². The highest BCUT2D eigenvalue weighted by Crippen LogP contribution is 2.18. The van der Waals surface area contributed by atoms with E-state index in [1.807, 2.05) is 0 Å². The standard InChI is InChI=1S/C12H18N2O6/c1-6(2)9(13-12(19)20-3)10(16)14-5-7(15)4-8(14)11(17)18/h6,8-9H,4-5H2,1-3H3,(H,13,19)(H,17,18)/t8-,9-/m0/s1. The number of hydrogen-bond acceptors (Lipinski definition) is 5. The van der Waals surface area contributed by atoms with E-state index in [1.165, 1.54) is 0 Å². The Morgan fingerprint density at radius 3 is 2.45 bits per heavy atom. The average Bonchev–Trinajstić information content (AvgIpc) is 2.76. The Hall–Kier alpha value is -2.12. The molecule has 112 valence electrons. The van der Waals surface area contributed by atoms with Crippen LogP contribution >= 0.6 is 0 Å². The van der Waals surface area contributed by atoms with Gasteiger partial charge in [-0.05, 0) is 5.92 Å². The number of rotatable bonds is 4. The number of amides is 2. The molecule has 8 nitrogen and oxygen atoms in total. The molecule has 0 aromatic heterocycles. The average molecular weight is 286 g/mol. The first-order valence-corrected chi connectivity index (χ1v) is 6.17. The second-order valence-corrected chi connectivity index (χ2v) is 4.92. The Morgan fingerprint density at radius 1 is 1.40 bits per heavy atom. The second-order valence-electron chi connectivity index (χ2n) is 4.92. The number of nitrogens with zero attached hydrogens (tertiary/aromatic N) is 1. The van der Waals surface area contributed by atoms with E-state index in [9.17, 15) is 19.2 Å². The SMILES string of the molecule is COC(=O)N[C@H](C(=O)N1CC(=O)C[C@H]1C(=O)O)C(C)C. The van der Waals surface area contributed by atoms with E-state index < -0.39 is 30.1 Å². The third kappa shape index (κ3) is 3.46.